The van der Waals surface area contributed by atoms with Crippen molar-refractivity contribution in [2.24, 2.45) is 17.0 Å². The van der Waals surface area contributed by atoms with Crippen LogP contribution in [0.3, 0.4) is 0 Å². The molecule has 0 aliphatic carbocycles. The zero-order valence-corrected chi connectivity index (χ0v) is 5.93. The van der Waals surface area contributed by atoms with Gasteiger partial charge in [0, 0.05) is 0 Å². The average molecular weight is 177 g/mol. The van der Waals surface area contributed by atoms with Crippen LogP contribution >= 0.6 is 0 Å². The average Bonchev–Trinajstić information content (AvgIpc) is 2.12. The molecule has 0 spiro atoms. The van der Waals surface area contributed by atoms with Gasteiger partial charge in [-0.3, -0.25) is 4.79 Å². The van der Waals surface area contributed by atoms with Crippen molar-refractivity contribution in [1.29, 1.82) is 0 Å². The van der Waals surface area contributed by atoms with Crippen molar-refractivity contribution in [2.75, 3.05) is 0 Å². The van der Waals surface area contributed by atoms with Gasteiger partial charge in [0.2, 0.25) is 6.04 Å². The number of rotatable bonds is 4. The van der Waals surface area contributed by atoms with Gasteiger partial charge in [-0.2, -0.15) is 11.8 Å². The second-order valence-corrected chi connectivity index (χ2v) is 1.75. The lowest BCUT2D eigenvalue weighted by atomic mass is 10.2. The molecule has 0 radical (unpaired) electrons. The smallest absolute Gasteiger partial charge is 0.353 e. The van der Waals surface area contributed by atoms with E-state index in [0.717, 1.165) is 0 Å². The van der Waals surface area contributed by atoms with E-state index in [2.05, 4.69) is 26.6 Å². The summed E-state index contributed by atoms with van der Waals surface area (Å²) >= 11 is 0. The Morgan fingerprint density at radius 1 is 1.33 bits per heavy atom. The summed E-state index contributed by atoms with van der Waals surface area (Å²) in [6.45, 7) is 0. The third-order valence-corrected chi connectivity index (χ3v) is 1.01. The van der Waals surface area contributed by atoms with Gasteiger partial charge >= 0.3 is 11.9 Å². The maximum atomic E-state index is 10.5. The highest BCUT2D eigenvalue weighted by molar-refractivity contribution is 5.82. The fourth-order valence-electron chi connectivity index (χ4n) is 0.448. The first kappa shape index (κ1) is 10.5. The van der Waals surface area contributed by atoms with E-state index >= 15 is 0 Å². The number of nitrogens with zero attached hydrogens (tertiary/aromatic N) is 1. The Morgan fingerprint density at radius 2 is 1.92 bits per heavy atom. The van der Waals surface area contributed by atoms with Crippen LogP contribution in [-0.2, 0) is 19.3 Å². The Labute approximate surface area is 66.7 Å². The van der Waals surface area contributed by atoms with Gasteiger partial charge in [0.15, 0.2) is 0 Å². The molecule has 1 unspecified atom stereocenters. The van der Waals surface area contributed by atoms with Crippen LogP contribution < -0.4 is 11.8 Å². The van der Waals surface area contributed by atoms with Gasteiger partial charge in [0.05, 0.1) is 6.42 Å². The minimum atomic E-state index is -1.51. The molecule has 0 heterocycles. The van der Waals surface area contributed by atoms with Gasteiger partial charge in [0.1, 0.15) is 0 Å². The zero-order valence-electron chi connectivity index (χ0n) is 5.93. The monoisotopic (exact) mass is 177 g/mol. The molecule has 0 rings (SSSR count). The van der Waals surface area contributed by atoms with Crippen LogP contribution in [0.5, 0.6) is 0 Å². The van der Waals surface area contributed by atoms with E-state index in [0.29, 0.717) is 0 Å². The summed E-state index contributed by atoms with van der Waals surface area (Å²) in [6.07, 6.45) is -0.587. The third-order valence-electron chi connectivity index (χ3n) is 1.01. The molecule has 8 nitrogen and oxygen atoms in total. The van der Waals surface area contributed by atoms with E-state index in [9.17, 15) is 14.5 Å². The van der Waals surface area contributed by atoms with Crippen molar-refractivity contribution < 1.29 is 19.3 Å². The van der Waals surface area contributed by atoms with E-state index < -0.39 is 24.4 Å². The number of carbonyl (C=O) groups is 2. The minimum Gasteiger partial charge on any atom is -0.373 e. The molecule has 0 aromatic rings. The highest BCUT2D eigenvalue weighted by Crippen LogP contribution is 2.00. The summed E-state index contributed by atoms with van der Waals surface area (Å²) in [5.41, 5.74) is 0. The lowest BCUT2D eigenvalue weighted by molar-refractivity contribution is -0.152. The van der Waals surface area contributed by atoms with E-state index in [-0.39, 0.29) is 0 Å². The van der Waals surface area contributed by atoms with Gasteiger partial charge in [-0.25, -0.2) is 4.79 Å². The molecule has 0 bridgehead atoms. The van der Waals surface area contributed by atoms with E-state index in [1.807, 2.05) is 0 Å². The molecular formula is C4H7N3O5. The maximum Gasteiger partial charge on any atom is 0.353 e. The molecule has 0 saturated heterocycles. The quantitative estimate of drug-likeness (QED) is 0.387. The number of nitroso groups, excluding NO2 is 1. The van der Waals surface area contributed by atoms with Crippen LogP contribution in [0.2, 0.25) is 0 Å². The van der Waals surface area contributed by atoms with Crippen LogP contribution in [0.25, 0.3) is 0 Å². The fraction of sp³-hybridized carbons (Fsp3) is 0.500. The first-order chi connectivity index (χ1) is 5.65. The highest BCUT2D eigenvalue weighted by Gasteiger charge is 2.24. The lowest BCUT2D eigenvalue weighted by Crippen LogP contribution is -2.28. The minimum absolute atomic E-state index is 0.587. The first-order valence-corrected chi connectivity index (χ1v) is 2.78. The molecule has 1 atom stereocenters. The number of nitrogens with two attached hydrogens (primary N) is 2. The van der Waals surface area contributed by atoms with Gasteiger partial charge in [-0.05, 0) is 0 Å². The van der Waals surface area contributed by atoms with Crippen molar-refractivity contribution in [3.8, 4) is 0 Å². The Hall–Kier alpha value is -1.54. The highest BCUT2D eigenvalue weighted by atomic mass is 16.7. The zero-order chi connectivity index (χ0) is 9.56. The normalized spacial score (nSPS) is 11.5. The van der Waals surface area contributed by atoms with E-state index in [1.54, 1.807) is 0 Å². The Kier molecular flexibility index (Phi) is 4.49. The molecule has 68 valence electrons. The van der Waals surface area contributed by atoms with Crippen LogP contribution in [0.1, 0.15) is 6.42 Å². The van der Waals surface area contributed by atoms with Crippen LogP contribution in [0.15, 0.2) is 5.18 Å². The summed E-state index contributed by atoms with van der Waals surface area (Å²) in [5, 5.41) is 2.29. The van der Waals surface area contributed by atoms with Crippen LogP contribution in [0, 0.1) is 4.91 Å². The lowest BCUT2D eigenvalue weighted by Gasteiger charge is -2.02. The van der Waals surface area contributed by atoms with Crippen molar-refractivity contribution in [3.05, 3.63) is 4.91 Å². The molecule has 0 aromatic carbocycles. The van der Waals surface area contributed by atoms with Crippen molar-refractivity contribution >= 4 is 11.9 Å². The maximum absolute atomic E-state index is 10.5. The fourth-order valence-corrected chi connectivity index (χ4v) is 0.448. The van der Waals surface area contributed by atoms with Crippen molar-refractivity contribution in [1.82, 2.24) is 0 Å². The van der Waals surface area contributed by atoms with Gasteiger partial charge in [-0.15, -0.1) is 4.91 Å². The molecule has 12 heavy (non-hydrogen) atoms. The molecule has 0 amide bonds. The summed E-state index contributed by atoms with van der Waals surface area (Å²) in [4.78, 5) is 38.2. The largest absolute Gasteiger partial charge is 0.373 e. The van der Waals surface area contributed by atoms with Crippen LogP contribution in [0.4, 0.5) is 0 Å². The predicted molar refractivity (Wildman–Crippen MR) is 34.8 cm³/mol. The van der Waals surface area contributed by atoms with Crippen LogP contribution in [-0.4, -0.2) is 18.0 Å². The Morgan fingerprint density at radius 3 is 2.25 bits per heavy atom. The number of hydrogen-bond acceptors (Lipinski definition) is 8. The summed E-state index contributed by atoms with van der Waals surface area (Å²) in [5.74, 6) is 6.80. The summed E-state index contributed by atoms with van der Waals surface area (Å²) < 4.78 is 0. The molecular weight excluding hydrogens is 170 g/mol. The van der Waals surface area contributed by atoms with E-state index in [1.165, 1.54) is 0 Å². The second-order valence-electron chi connectivity index (χ2n) is 1.75. The Balaban J connectivity index is 4.08. The predicted octanol–water partition coefficient (Wildman–Crippen LogP) is -1.65. The van der Waals surface area contributed by atoms with Gasteiger partial charge < -0.3 is 9.68 Å². The summed E-state index contributed by atoms with van der Waals surface area (Å²) in [7, 11) is 0. The SMILES string of the molecule is NOC(=O)CC(N=O)C(=O)ON. The van der Waals surface area contributed by atoms with Gasteiger partial charge in [-0.1, -0.05) is 5.18 Å². The van der Waals surface area contributed by atoms with E-state index in [4.69, 9.17) is 0 Å². The molecule has 0 aliphatic rings. The molecule has 4 N–H and O–H groups in total. The second kappa shape index (κ2) is 5.16. The third kappa shape index (κ3) is 3.03. The van der Waals surface area contributed by atoms with Gasteiger partial charge in [0.25, 0.3) is 0 Å². The number of hydrogen-bond donors (Lipinski definition) is 2. The number of carbonyl (C=O) groups excluding carboxylic acids is 2. The molecule has 0 aromatic heterocycles. The Bertz CT molecular complexity index is 193. The standard InChI is InChI=1S/C4H7N3O5/c5-11-3(8)1-2(7-10)4(9)12-6/h2H,1,5-6H2. The van der Waals surface area contributed by atoms with Crippen molar-refractivity contribution in [2.45, 2.75) is 12.5 Å². The molecule has 0 aliphatic heterocycles. The molecule has 0 saturated carbocycles. The first-order valence-electron chi connectivity index (χ1n) is 2.78. The van der Waals surface area contributed by atoms with Crippen molar-refractivity contribution in [3.63, 3.8) is 0 Å². The summed E-state index contributed by atoms with van der Waals surface area (Å²) in [6, 6.07) is -1.51. The molecule has 8 heteroatoms. The topological polar surface area (TPSA) is 134 Å². The molecule has 0 fully saturated rings.